The van der Waals surface area contributed by atoms with Gasteiger partial charge < -0.3 is 4.74 Å². The second kappa shape index (κ2) is 5.27. The van der Waals surface area contributed by atoms with Crippen LogP contribution in [-0.2, 0) is 0 Å². The lowest BCUT2D eigenvalue weighted by Gasteiger charge is -2.04. The Morgan fingerprint density at radius 1 is 1.44 bits per heavy atom. The van der Waals surface area contributed by atoms with Crippen molar-refractivity contribution in [1.29, 1.82) is 0 Å². The van der Waals surface area contributed by atoms with Gasteiger partial charge in [0.25, 0.3) is 0 Å². The highest BCUT2D eigenvalue weighted by Gasteiger charge is 2.05. The summed E-state index contributed by atoms with van der Waals surface area (Å²) in [5.74, 6) is 0.852. The molecular formula is C11H11ClN2OS. The lowest BCUT2D eigenvalue weighted by molar-refractivity contribution is 0.317. The summed E-state index contributed by atoms with van der Waals surface area (Å²) in [6.45, 7) is 2.80. The normalized spacial score (nSPS) is 10.4. The molecule has 0 bridgehead atoms. The first kappa shape index (κ1) is 11.4. The smallest absolute Gasteiger partial charge is 0.234 e. The molecular weight excluding hydrogens is 244 g/mol. The maximum atomic E-state index is 5.69. The molecule has 1 heterocycles. The summed E-state index contributed by atoms with van der Waals surface area (Å²) in [7, 11) is 0. The van der Waals surface area contributed by atoms with Crippen LogP contribution in [0, 0.1) is 0 Å². The van der Waals surface area contributed by atoms with Crippen LogP contribution in [0.2, 0.25) is 5.28 Å². The van der Waals surface area contributed by atoms with Crippen molar-refractivity contribution in [2.24, 2.45) is 0 Å². The lowest BCUT2D eigenvalue weighted by atomic mass is 10.2. The summed E-state index contributed by atoms with van der Waals surface area (Å²) in [6, 6.07) is 7.79. The molecule has 0 radical (unpaired) electrons. The number of hydrogen-bond acceptors (Lipinski definition) is 4. The van der Waals surface area contributed by atoms with Crippen molar-refractivity contribution in [2.45, 2.75) is 13.3 Å². The second-order valence-electron chi connectivity index (χ2n) is 3.24. The Morgan fingerprint density at radius 2 is 2.31 bits per heavy atom. The predicted molar refractivity (Wildman–Crippen MR) is 66.1 cm³/mol. The Hall–Kier alpha value is -1.13. The Balaban J connectivity index is 2.22. The SMILES string of the molecule is CCCOc1cccc(-c2nc(Cl)ns2)c1. The van der Waals surface area contributed by atoms with Gasteiger partial charge in [-0.05, 0) is 41.7 Å². The zero-order valence-corrected chi connectivity index (χ0v) is 10.4. The van der Waals surface area contributed by atoms with Gasteiger partial charge in [0, 0.05) is 5.56 Å². The van der Waals surface area contributed by atoms with E-state index in [4.69, 9.17) is 16.3 Å². The first-order chi connectivity index (χ1) is 7.79. The molecule has 0 N–H and O–H groups in total. The van der Waals surface area contributed by atoms with Gasteiger partial charge in [-0.2, -0.15) is 4.37 Å². The summed E-state index contributed by atoms with van der Waals surface area (Å²) in [4.78, 5) is 4.12. The van der Waals surface area contributed by atoms with E-state index in [2.05, 4.69) is 16.3 Å². The van der Waals surface area contributed by atoms with Gasteiger partial charge in [0.2, 0.25) is 5.28 Å². The topological polar surface area (TPSA) is 35.0 Å². The average molecular weight is 255 g/mol. The van der Waals surface area contributed by atoms with Gasteiger partial charge in [0.05, 0.1) is 6.61 Å². The van der Waals surface area contributed by atoms with E-state index < -0.39 is 0 Å². The summed E-state index contributed by atoms with van der Waals surface area (Å²) < 4.78 is 9.49. The quantitative estimate of drug-likeness (QED) is 0.835. The molecule has 0 atom stereocenters. The van der Waals surface area contributed by atoms with Crippen molar-refractivity contribution in [3.8, 4) is 16.3 Å². The zero-order chi connectivity index (χ0) is 11.4. The molecule has 2 rings (SSSR count). The number of rotatable bonds is 4. The Labute approximate surface area is 103 Å². The van der Waals surface area contributed by atoms with Crippen LogP contribution in [0.4, 0.5) is 0 Å². The summed E-state index contributed by atoms with van der Waals surface area (Å²) in [5, 5.41) is 1.10. The van der Waals surface area contributed by atoms with Gasteiger partial charge in [-0.3, -0.25) is 0 Å². The minimum Gasteiger partial charge on any atom is -0.494 e. The highest BCUT2D eigenvalue weighted by molar-refractivity contribution is 7.09. The molecule has 0 spiro atoms. The number of halogens is 1. The van der Waals surface area contributed by atoms with E-state index in [0.717, 1.165) is 29.3 Å². The Morgan fingerprint density at radius 3 is 3.00 bits per heavy atom. The van der Waals surface area contributed by atoms with E-state index in [0.29, 0.717) is 5.28 Å². The van der Waals surface area contributed by atoms with Crippen LogP contribution in [0.25, 0.3) is 10.6 Å². The minimum atomic E-state index is 0.292. The van der Waals surface area contributed by atoms with Crippen LogP contribution in [0.1, 0.15) is 13.3 Å². The Bertz CT molecular complexity index is 473. The van der Waals surface area contributed by atoms with Crippen LogP contribution >= 0.6 is 23.1 Å². The van der Waals surface area contributed by atoms with Gasteiger partial charge in [-0.25, -0.2) is 4.98 Å². The van der Waals surface area contributed by atoms with Gasteiger partial charge in [-0.15, -0.1) is 0 Å². The van der Waals surface area contributed by atoms with Crippen LogP contribution in [0.3, 0.4) is 0 Å². The number of benzene rings is 1. The van der Waals surface area contributed by atoms with Crippen LogP contribution in [-0.4, -0.2) is 16.0 Å². The largest absolute Gasteiger partial charge is 0.494 e. The van der Waals surface area contributed by atoms with Crippen LogP contribution in [0.5, 0.6) is 5.75 Å². The molecule has 84 valence electrons. The van der Waals surface area contributed by atoms with Crippen molar-refractivity contribution in [2.75, 3.05) is 6.61 Å². The molecule has 16 heavy (non-hydrogen) atoms. The highest BCUT2D eigenvalue weighted by Crippen LogP contribution is 2.26. The van der Waals surface area contributed by atoms with Crippen molar-refractivity contribution < 1.29 is 4.74 Å². The van der Waals surface area contributed by atoms with Gasteiger partial charge in [-0.1, -0.05) is 19.1 Å². The fourth-order valence-corrected chi connectivity index (χ4v) is 2.06. The molecule has 1 aromatic heterocycles. The first-order valence-electron chi connectivity index (χ1n) is 5.02. The van der Waals surface area contributed by atoms with E-state index >= 15 is 0 Å². The molecule has 0 amide bonds. The van der Waals surface area contributed by atoms with Crippen molar-refractivity contribution >= 4 is 23.1 Å². The molecule has 0 unspecified atom stereocenters. The summed E-state index contributed by atoms with van der Waals surface area (Å²) in [6.07, 6.45) is 0.995. The third-order valence-electron chi connectivity index (χ3n) is 1.96. The van der Waals surface area contributed by atoms with Gasteiger partial charge >= 0.3 is 0 Å². The van der Waals surface area contributed by atoms with E-state index in [1.54, 1.807) is 0 Å². The average Bonchev–Trinajstić information content (AvgIpc) is 2.74. The molecule has 3 nitrogen and oxygen atoms in total. The molecule has 0 saturated heterocycles. The Kier molecular flexibility index (Phi) is 3.74. The third kappa shape index (κ3) is 2.71. The van der Waals surface area contributed by atoms with Gasteiger partial charge in [0.15, 0.2) is 0 Å². The molecule has 0 fully saturated rings. The summed E-state index contributed by atoms with van der Waals surface area (Å²) in [5.41, 5.74) is 0.984. The number of aromatic nitrogens is 2. The van der Waals surface area contributed by atoms with Gasteiger partial charge in [0.1, 0.15) is 10.8 Å². The van der Waals surface area contributed by atoms with E-state index in [9.17, 15) is 0 Å². The first-order valence-corrected chi connectivity index (χ1v) is 6.17. The standard InChI is InChI=1S/C11H11ClN2OS/c1-2-6-15-9-5-3-4-8(7-9)10-13-11(12)14-16-10/h3-5,7H,2,6H2,1H3. The highest BCUT2D eigenvalue weighted by atomic mass is 35.5. The zero-order valence-electron chi connectivity index (χ0n) is 8.81. The summed E-state index contributed by atoms with van der Waals surface area (Å²) >= 11 is 6.98. The van der Waals surface area contributed by atoms with E-state index in [1.807, 2.05) is 24.3 Å². The number of ether oxygens (including phenoxy) is 1. The maximum absolute atomic E-state index is 5.69. The lowest BCUT2D eigenvalue weighted by Crippen LogP contribution is -1.94. The molecule has 2 aromatic rings. The van der Waals surface area contributed by atoms with E-state index in [-0.39, 0.29) is 0 Å². The van der Waals surface area contributed by atoms with Crippen molar-refractivity contribution in [3.63, 3.8) is 0 Å². The molecule has 5 heteroatoms. The predicted octanol–water partition coefficient (Wildman–Crippen LogP) is 3.65. The molecule has 0 aliphatic rings. The fraction of sp³-hybridized carbons (Fsp3) is 0.273. The second-order valence-corrected chi connectivity index (χ2v) is 4.33. The molecule has 1 aromatic carbocycles. The number of hydrogen-bond donors (Lipinski definition) is 0. The van der Waals surface area contributed by atoms with Crippen molar-refractivity contribution in [1.82, 2.24) is 9.36 Å². The molecule has 0 aliphatic heterocycles. The van der Waals surface area contributed by atoms with Crippen molar-refractivity contribution in [3.05, 3.63) is 29.5 Å². The van der Waals surface area contributed by atoms with E-state index in [1.165, 1.54) is 11.5 Å². The minimum absolute atomic E-state index is 0.292. The fourth-order valence-electron chi connectivity index (χ4n) is 1.26. The molecule has 0 saturated carbocycles. The van der Waals surface area contributed by atoms with Crippen LogP contribution in [0.15, 0.2) is 24.3 Å². The van der Waals surface area contributed by atoms with Crippen LogP contribution < -0.4 is 4.74 Å². The molecule has 0 aliphatic carbocycles. The maximum Gasteiger partial charge on any atom is 0.234 e. The monoisotopic (exact) mass is 254 g/mol. The number of nitrogens with zero attached hydrogens (tertiary/aromatic N) is 2. The third-order valence-corrected chi connectivity index (χ3v) is 2.99.